The third-order valence-corrected chi connectivity index (χ3v) is 8.77. The number of hydrogen-bond acceptors (Lipinski definition) is 4. The van der Waals surface area contributed by atoms with Crippen LogP contribution in [0.15, 0.2) is 97.1 Å². The Balaban J connectivity index is 1.56. The highest BCUT2D eigenvalue weighted by Gasteiger charge is 2.44. The van der Waals surface area contributed by atoms with E-state index in [0.717, 1.165) is 50.5 Å². The maximum atomic E-state index is 7.31. The predicted molar refractivity (Wildman–Crippen MR) is 164 cm³/mol. The number of benzene rings is 5. The summed E-state index contributed by atoms with van der Waals surface area (Å²) in [6, 6.07) is 31.3. The molecule has 0 bridgehead atoms. The van der Waals surface area contributed by atoms with Crippen LogP contribution < -0.4 is 18.9 Å². The second kappa shape index (κ2) is 9.17. The molecule has 2 aliphatic rings. The predicted octanol–water partition coefficient (Wildman–Crippen LogP) is 8.52. The van der Waals surface area contributed by atoms with Gasteiger partial charge in [0.15, 0.2) is 5.60 Å². The summed E-state index contributed by atoms with van der Waals surface area (Å²) in [5, 5.41) is 2.19. The van der Waals surface area contributed by atoms with E-state index in [0.29, 0.717) is 0 Å². The van der Waals surface area contributed by atoms with Gasteiger partial charge in [-0.15, -0.1) is 0 Å². The third-order valence-electron chi connectivity index (χ3n) is 8.77. The first-order valence-corrected chi connectivity index (χ1v) is 13.9. The Bertz CT molecular complexity index is 1830. The lowest BCUT2D eigenvalue weighted by Gasteiger charge is -2.38. The Morgan fingerprint density at radius 2 is 1.27 bits per heavy atom. The minimum absolute atomic E-state index is 0.253. The molecular weight excluding hydrogens is 508 g/mol. The normalized spacial score (nSPS) is 17.8. The van der Waals surface area contributed by atoms with Gasteiger partial charge in [-0.1, -0.05) is 62.4 Å². The molecule has 0 N–H and O–H groups in total. The summed E-state index contributed by atoms with van der Waals surface area (Å²) >= 11 is 0. The fourth-order valence-electron chi connectivity index (χ4n) is 6.70. The highest BCUT2D eigenvalue weighted by Crippen LogP contribution is 2.58. The number of rotatable bonds is 5. The molecule has 1 aliphatic carbocycles. The van der Waals surface area contributed by atoms with Gasteiger partial charge in [-0.05, 0) is 82.3 Å². The van der Waals surface area contributed by atoms with Gasteiger partial charge >= 0.3 is 0 Å². The van der Waals surface area contributed by atoms with Crippen LogP contribution in [0.3, 0.4) is 0 Å². The molecule has 5 aromatic rings. The van der Waals surface area contributed by atoms with Crippen LogP contribution in [0.5, 0.6) is 23.0 Å². The molecule has 0 radical (unpaired) electrons. The van der Waals surface area contributed by atoms with Crippen LogP contribution in [-0.4, -0.2) is 21.3 Å². The topological polar surface area (TPSA) is 36.9 Å². The summed E-state index contributed by atoms with van der Waals surface area (Å²) in [5.74, 6) is 3.35. The molecule has 0 saturated carbocycles. The molecule has 1 atom stereocenters. The van der Waals surface area contributed by atoms with E-state index in [-0.39, 0.29) is 5.41 Å². The number of hydrogen-bond donors (Lipinski definition) is 0. The molecule has 4 heteroatoms. The molecule has 41 heavy (non-hydrogen) atoms. The number of methoxy groups -OCH3 is 3. The Labute approximate surface area is 240 Å². The Kier molecular flexibility index (Phi) is 5.65. The van der Waals surface area contributed by atoms with E-state index >= 15 is 0 Å². The fourth-order valence-corrected chi connectivity index (χ4v) is 6.70. The SMILES string of the molecule is COc1ccc(C2(c3ccccc3)C=Cc3c4c(c5cc(OC)ccc5c3O2)C(C)(C)c2cc(OC)ccc2-4)cc1. The molecule has 1 aliphatic heterocycles. The van der Waals surface area contributed by atoms with Crippen molar-refractivity contribution in [2.24, 2.45) is 0 Å². The molecule has 0 amide bonds. The summed E-state index contributed by atoms with van der Waals surface area (Å²) in [5.41, 5.74) is 7.03. The average molecular weight is 541 g/mol. The Morgan fingerprint density at radius 3 is 1.98 bits per heavy atom. The quantitative estimate of drug-likeness (QED) is 0.224. The lowest BCUT2D eigenvalue weighted by molar-refractivity contribution is 0.163. The van der Waals surface area contributed by atoms with Crippen LogP contribution in [0.25, 0.3) is 28.0 Å². The molecule has 5 aromatic carbocycles. The summed E-state index contributed by atoms with van der Waals surface area (Å²) in [7, 11) is 5.12. The molecule has 0 aromatic heterocycles. The molecule has 4 nitrogen and oxygen atoms in total. The first kappa shape index (κ1) is 25.3. The van der Waals surface area contributed by atoms with E-state index in [4.69, 9.17) is 18.9 Å². The standard InChI is InChI=1S/C37H32O4/c1-36(2)32-22-27(40-5)16-18-29(32)33-30-19-20-37(23-9-7-6-8-10-23,24-11-13-25(38-3)14-12-24)41-35(30)28-17-15-26(39-4)21-31(28)34(33)36/h6-22H,1-5H3. The first-order chi connectivity index (χ1) is 19.9. The summed E-state index contributed by atoms with van der Waals surface area (Å²) in [6.45, 7) is 4.59. The molecule has 204 valence electrons. The van der Waals surface area contributed by atoms with E-state index in [1.165, 1.54) is 22.3 Å². The van der Waals surface area contributed by atoms with Crippen molar-refractivity contribution in [3.63, 3.8) is 0 Å². The van der Waals surface area contributed by atoms with Gasteiger partial charge in [-0.25, -0.2) is 0 Å². The third kappa shape index (κ3) is 3.60. The smallest absolute Gasteiger partial charge is 0.178 e. The van der Waals surface area contributed by atoms with Gasteiger partial charge in [0.25, 0.3) is 0 Å². The summed E-state index contributed by atoms with van der Waals surface area (Å²) < 4.78 is 24.1. The summed E-state index contributed by atoms with van der Waals surface area (Å²) in [6.07, 6.45) is 4.46. The van der Waals surface area contributed by atoms with Gasteiger partial charge in [0.05, 0.1) is 21.3 Å². The fraction of sp³-hybridized carbons (Fsp3) is 0.189. The second-order valence-corrected chi connectivity index (χ2v) is 11.2. The molecule has 0 fully saturated rings. The van der Waals surface area contributed by atoms with Crippen LogP contribution in [-0.2, 0) is 11.0 Å². The molecule has 1 heterocycles. The van der Waals surface area contributed by atoms with Crippen molar-refractivity contribution in [1.29, 1.82) is 0 Å². The van der Waals surface area contributed by atoms with Crippen LogP contribution in [0.2, 0.25) is 0 Å². The van der Waals surface area contributed by atoms with Crippen LogP contribution in [0.4, 0.5) is 0 Å². The van der Waals surface area contributed by atoms with Crippen molar-refractivity contribution in [2.75, 3.05) is 21.3 Å². The van der Waals surface area contributed by atoms with E-state index in [1.54, 1.807) is 21.3 Å². The lowest BCUT2D eigenvalue weighted by Crippen LogP contribution is -2.34. The van der Waals surface area contributed by atoms with E-state index in [1.807, 2.05) is 30.3 Å². The zero-order valence-corrected chi connectivity index (χ0v) is 23.9. The van der Waals surface area contributed by atoms with Gasteiger partial charge in [-0.2, -0.15) is 0 Å². The summed E-state index contributed by atoms with van der Waals surface area (Å²) in [4.78, 5) is 0. The average Bonchev–Trinajstić information content (AvgIpc) is 3.27. The number of ether oxygens (including phenoxy) is 4. The highest BCUT2D eigenvalue weighted by molar-refractivity contribution is 6.06. The van der Waals surface area contributed by atoms with Gasteiger partial charge in [0.2, 0.25) is 0 Å². The van der Waals surface area contributed by atoms with Gasteiger partial charge < -0.3 is 18.9 Å². The van der Waals surface area contributed by atoms with Crippen LogP contribution in [0, 0.1) is 0 Å². The van der Waals surface area contributed by atoms with Crippen molar-refractivity contribution in [2.45, 2.75) is 24.9 Å². The van der Waals surface area contributed by atoms with Crippen molar-refractivity contribution in [3.05, 3.63) is 125 Å². The lowest BCUT2D eigenvalue weighted by atomic mass is 9.78. The molecule has 7 rings (SSSR count). The maximum Gasteiger partial charge on any atom is 0.178 e. The van der Waals surface area contributed by atoms with Gasteiger partial charge in [0.1, 0.15) is 23.0 Å². The van der Waals surface area contributed by atoms with E-state index in [9.17, 15) is 0 Å². The zero-order valence-electron chi connectivity index (χ0n) is 23.9. The molecule has 0 saturated heterocycles. The zero-order chi connectivity index (χ0) is 28.4. The van der Waals surface area contributed by atoms with Crippen molar-refractivity contribution in [3.8, 4) is 34.1 Å². The first-order valence-electron chi connectivity index (χ1n) is 13.9. The van der Waals surface area contributed by atoms with Gasteiger partial charge in [-0.3, -0.25) is 0 Å². The minimum atomic E-state index is -0.821. The van der Waals surface area contributed by atoms with Crippen LogP contribution in [0.1, 0.15) is 41.7 Å². The molecule has 0 spiro atoms. The monoisotopic (exact) mass is 540 g/mol. The highest BCUT2D eigenvalue weighted by atomic mass is 16.5. The Hall–Kier alpha value is -4.70. The maximum absolute atomic E-state index is 7.31. The number of fused-ring (bicyclic) bond motifs is 8. The van der Waals surface area contributed by atoms with Gasteiger partial charge in [0, 0.05) is 27.5 Å². The van der Waals surface area contributed by atoms with Crippen molar-refractivity contribution in [1.82, 2.24) is 0 Å². The van der Waals surface area contributed by atoms with Crippen molar-refractivity contribution >= 4 is 16.8 Å². The molecular formula is C37H32O4. The van der Waals surface area contributed by atoms with E-state index in [2.05, 4.69) is 86.7 Å². The van der Waals surface area contributed by atoms with Crippen molar-refractivity contribution < 1.29 is 18.9 Å². The van der Waals surface area contributed by atoms with Crippen LogP contribution >= 0.6 is 0 Å². The molecule has 1 unspecified atom stereocenters. The van der Waals surface area contributed by atoms with E-state index < -0.39 is 5.60 Å². The largest absolute Gasteiger partial charge is 0.497 e. The minimum Gasteiger partial charge on any atom is -0.497 e. The Morgan fingerprint density at radius 1 is 0.634 bits per heavy atom. The second-order valence-electron chi connectivity index (χ2n) is 11.2.